The number of nitrogens with zero attached hydrogens (tertiary/aromatic N) is 1. The van der Waals surface area contributed by atoms with Crippen LogP contribution in [0.2, 0.25) is 0 Å². The molecule has 5 heteroatoms. The van der Waals surface area contributed by atoms with E-state index in [1.807, 2.05) is 19.9 Å². The van der Waals surface area contributed by atoms with E-state index in [4.69, 9.17) is 26.3 Å². The zero-order valence-electron chi connectivity index (χ0n) is 9.51. The van der Waals surface area contributed by atoms with E-state index < -0.39 is 11.7 Å². The van der Waals surface area contributed by atoms with Crippen LogP contribution in [0.15, 0.2) is 24.3 Å². The first-order valence-corrected chi connectivity index (χ1v) is 5.49. The number of halogens is 1. The largest absolute Gasteiger partial charge is 0.515 e. The van der Waals surface area contributed by atoms with Gasteiger partial charge < -0.3 is 9.47 Å². The molecular formula is C12H12ClNO3. The van der Waals surface area contributed by atoms with Crippen LogP contribution in [0.5, 0.6) is 5.75 Å². The van der Waals surface area contributed by atoms with Crippen molar-refractivity contribution in [3.8, 4) is 11.8 Å². The van der Waals surface area contributed by atoms with Crippen molar-refractivity contribution in [3.63, 3.8) is 0 Å². The molecule has 1 rings (SSSR count). The summed E-state index contributed by atoms with van der Waals surface area (Å²) in [5, 5.41) is 8.59. The number of hydrogen-bond donors (Lipinski definition) is 0. The summed E-state index contributed by atoms with van der Waals surface area (Å²) in [4.78, 5) is 11.3. The molecule has 0 aliphatic carbocycles. The summed E-state index contributed by atoms with van der Waals surface area (Å²) in [6, 6.07) is 8.08. The predicted molar refractivity (Wildman–Crippen MR) is 62.7 cm³/mol. The molecule has 0 heterocycles. The molecule has 0 aromatic heterocycles. The van der Waals surface area contributed by atoms with Gasteiger partial charge in [0.1, 0.15) is 5.75 Å². The van der Waals surface area contributed by atoms with E-state index in [0.29, 0.717) is 11.3 Å². The highest BCUT2D eigenvalue weighted by Crippen LogP contribution is 2.15. The van der Waals surface area contributed by atoms with Crippen molar-refractivity contribution in [2.24, 2.45) is 5.92 Å². The van der Waals surface area contributed by atoms with Gasteiger partial charge in [0, 0.05) is 5.92 Å². The van der Waals surface area contributed by atoms with Crippen LogP contribution in [-0.2, 0) is 4.74 Å². The minimum absolute atomic E-state index is 0.00480. The summed E-state index contributed by atoms with van der Waals surface area (Å²) >= 11 is 5.76. The fourth-order valence-electron chi connectivity index (χ4n) is 0.946. The number of rotatable bonds is 3. The summed E-state index contributed by atoms with van der Waals surface area (Å²) < 4.78 is 9.69. The fraction of sp³-hybridized carbons (Fsp3) is 0.333. The third-order valence-electron chi connectivity index (χ3n) is 1.92. The third kappa shape index (κ3) is 4.33. The number of alkyl halides is 1. The monoisotopic (exact) mass is 253 g/mol. The molecule has 0 spiro atoms. The Labute approximate surface area is 105 Å². The average molecular weight is 254 g/mol. The predicted octanol–water partition coefficient (Wildman–Crippen LogP) is 3.29. The lowest BCUT2D eigenvalue weighted by molar-refractivity contribution is 0.0725. The lowest BCUT2D eigenvalue weighted by Crippen LogP contribution is -2.20. The van der Waals surface area contributed by atoms with Gasteiger partial charge in [-0.3, -0.25) is 0 Å². The zero-order chi connectivity index (χ0) is 12.8. The molecule has 1 unspecified atom stereocenters. The van der Waals surface area contributed by atoms with E-state index >= 15 is 0 Å². The molecule has 90 valence electrons. The lowest BCUT2D eigenvalue weighted by atomic mass is 10.2. The van der Waals surface area contributed by atoms with Crippen molar-refractivity contribution in [1.82, 2.24) is 0 Å². The van der Waals surface area contributed by atoms with Crippen molar-refractivity contribution in [2.75, 3.05) is 0 Å². The maximum Gasteiger partial charge on any atom is 0.515 e. The molecular weight excluding hydrogens is 242 g/mol. The Morgan fingerprint density at radius 1 is 1.35 bits per heavy atom. The first-order chi connectivity index (χ1) is 8.02. The summed E-state index contributed by atoms with van der Waals surface area (Å²) in [5.74, 6) is 0.312. The van der Waals surface area contributed by atoms with Gasteiger partial charge in [-0.1, -0.05) is 25.4 Å². The summed E-state index contributed by atoms with van der Waals surface area (Å²) in [5.41, 5.74) is -0.232. The second kappa shape index (κ2) is 6.12. The molecule has 0 bridgehead atoms. The van der Waals surface area contributed by atoms with Crippen LogP contribution < -0.4 is 4.74 Å². The molecule has 4 nitrogen and oxygen atoms in total. The van der Waals surface area contributed by atoms with Crippen LogP contribution in [0.1, 0.15) is 19.4 Å². The van der Waals surface area contributed by atoms with Crippen molar-refractivity contribution >= 4 is 17.8 Å². The number of carbonyl (C=O) groups is 1. The SMILES string of the molecule is CC(C)C(Cl)OC(=O)Oc1ccc(C#N)cc1. The molecule has 0 fully saturated rings. The summed E-state index contributed by atoms with van der Waals surface area (Å²) in [6.07, 6.45) is -0.858. The first-order valence-electron chi connectivity index (χ1n) is 5.05. The highest BCUT2D eigenvalue weighted by molar-refractivity contribution is 6.20. The quantitative estimate of drug-likeness (QED) is 0.471. The number of hydrogen-bond acceptors (Lipinski definition) is 4. The number of carbonyl (C=O) groups excluding carboxylic acids is 1. The molecule has 1 aromatic carbocycles. The second-order valence-electron chi connectivity index (χ2n) is 3.70. The smallest absolute Gasteiger partial charge is 0.414 e. The molecule has 0 N–H and O–H groups in total. The maximum atomic E-state index is 11.3. The van der Waals surface area contributed by atoms with Crippen molar-refractivity contribution < 1.29 is 14.3 Å². The zero-order valence-corrected chi connectivity index (χ0v) is 10.3. The molecule has 0 radical (unpaired) electrons. The van der Waals surface area contributed by atoms with Gasteiger partial charge in [-0.05, 0) is 24.3 Å². The van der Waals surface area contributed by atoms with Gasteiger partial charge in [0.05, 0.1) is 11.6 Å². The van der Waals surface area contributed by atoms with Gasteiger partial charge in [-0.25, -0.2) is 4.79 Å². The van der Waals surface area contributed by atoms with E-state index in [1.54, 1.807) is 12.1 Å². The van der Waals surface area contributed by atoms with E-state index in [9.17, 15) is 4.79 Å². The fourth-order valence-corrected chi connectivity index (χ4v) is 1.02. The number of benzene rings is 1. The molecule has 17 heavy (non-hydrogen) atoms. The van der Waals surface area contributed by atoms with E-state index in [0.717, 1.165) is 0 Å². The van der Waals surface area contributed by atoms with Gasteiger partial charge in [-0.2, -0.15) is 5.26 Å². The highest BCUT2D eigenvalue weighted by Gasteiger charge is 2.16. The van der Waals surface area contributed by atoms with Gasteiger partial charge in [0.2, 0.25) is 0 Å². The van der Waals surface area contributed by atoms with Crippen LogP contribution in [0, 0.1) is 17.2 Å². The minimum atomic E-state index is -0.858. The summed E-state index contributed by atoms with van der Waals surface area (Å²) in [6.45, 7) is 3.65. The Morgan fingerprint density at radius 3 is 2.41 bits per heavy atom. The van der Waals surface area contributed by atoms with E-state index in [1.165, 1.54) is 12.1 Å². The maximum absolute atomic E-state index is 11.3. The Bertz CT molecular complexity index is 422. The van der Waals surface area contributed by atoms with Crippen molar-refractivity contribution in [1.29, 1.82) is 5.26 Å². The minimum Gasteiger partial charge on any atom is -0.414 e. The molecule has 0 aliphatic heterocycles. The Morgan fingerprint density at radius 2 is 1.94 bits per heavy atom. The Balaban J connectivity index is 2.54. The first kappa shape index (κ1) is 13.3. The average Bonchev–Trinajstić information content (AvgIpc) is 2.29. The molecule has 1 aromatic rings. The third-order valence-corrected chi connectivity index (χ3v) is 2.51. The van der Waals surface area contributed by atoms with Crippen LogP contribution in [0.25, 0.3) is 0 Å². The van der Waals surface area contributed by atoms with Crippen LogP contribution in [0.3, 0.4) is 0 Å². The van der Waals surface area contributed by atoms with Gasteiger partial charge in [0.25, 0.3) is 0 Å². The van der Waals surface area contributed by atoms with Crippen molar-refractivity contribution in [3.05, 3.63) is 29.8 Å². The molecule has 1 atom stereocenters. The Kier molecular flexibility index (Phi) is 4.80. The van der Waals surface area contributed by atoms with E-state index in [-0.39, 0.29) is 5.92 Å². The number of nitriles is 1. The van der Waals surface area contributed by atoms with Crippen LogP contribution >= 0.6 is 11.6 Å². The lowest BCUT2D eigenvalue weighted by Gasteiger charge is -2.13. The van der Waals surface area contributed by atoms with Gasteiger partial charge in [-0.15, -0.1) is 0 Å². The molecule has 0 aliphatic rings. The number of ether oxygens (including phenoxy) is 2. The topological polar surface area (TPSA) is 59.3 Å². The van der Waals surface area contributed by atoms with Crippen LogP contribution in [0.4, 0.5) is 4.79 Å². The van der Waals surface area contributed by atoms with Crippen LogP contribution in [-0.4, -0.2) is 11.7 Å². The Hall–Kier alpha value is -1.73. The molecule has 0 saturated heterocycles. The normalized spacial score (nSPS) is 11.7. The standard InChI is InChI=1S/C12H12ClNO3/c1-8(2)11(13)17-12(15)16-10-5-3-9(7-14)4-6-10/h3-6,8,11H,1-2H3. The summed E-state index contributed by atoms with van der Waals surface area (Å²) in [7, 11) is 0. The van der Waals surface area contributed by atoms with E-state index in [2.05, 4.69) is 0 Å². The molecule has 0 amide bonds. The second-order valence-corrected chi connectivity index (χ2v) is 4.13. The van der Waals surface area contributed by atoms with Crippen molar-refractivity contribution in [2.45, 2.75) is 19.4 Å². The van der Waals surface area contributed by atoms with Gasteiger partial charge in [0.15, 0.2) is 5.56 Å². The highest BCUT2D eigenvalue weighted by atomic mass is 35.5. The van der Waals surface area contributed by atoms with Gasteiger partial charge >= 0.3 is 6.16 Å². The molecule has 0 saturated carbocycles.